The van der Waals surface area contributed by atoms with Crippen LogP contribution in [0.1, 0.15) is 37.8 Å². The van der Waals surface area contributed by atoms with Gasteiger partial charge in [-0.25, -0.2) is 0 Å². The van der Waals surface area contributed by atoms with Crippen molar-refractivity contribution in [2.45, 2.75) is 37.9 Å². The molecule has 2 atom stereocenters. The van der Waals surface area contributed by atoms with Gasteiger partial charge in [0.1, 0.15) is 11.2 Å². The van der Waals surface area contributed by atoms with Crippen LogP contribution in [0.4, 0.5) is 0 Å². The summed E-state index contributed by atoms with van der Waals surface area (Å²) < 4.78 is 19.1. The Morgan fingerprint density at radius 1 is 0.742 bits per heavy atom. The van der Waals surface area contributed by atoms with E-state index in [2.05, 4.69) is 75.5 Å². The molecular formula is C28H34O3. The highest BCUT2D eigenvalue weighted by molar-refractivity contribution is 5.37. The molecule has 2 unspecified atom stereocenters. The van der Waals surface area contributed by atoms with Crippen molar-refractivity contribution in [2.24, 2.45) is 10.8 Å². The number of hydrogen-bond donors (Lipinski definition) is 0. The SMILES string of the molecule is C=CC(OC(C=C)(c1ccccc1)C1(CC)COC1)(c1ccccc1)C1(CC)COC1. The van der Waals surface area contributed by atoms with Crippen LogP contribution in [0, 0.1) is 10.8 Å². The first kappa shape index (κ1) is 22.0. The van der Waals surface area contributed by atoms with Gasteiger partial charge in [0.25, 0.3) is 0 Å². The van der Waals surface area contributed by atoms with Gasteiger partial charge in [-0.3, -0.25) is 0 Å². The van der Waals surface area contributed by atoms with Crippen LogP contribution in [0.2, 0.25) is 0 Å². The smallest absolute Gasteiger partial charge is 0.123 e. The highest BCUT2D eigenvalue weighted by atomic mass is 16.6. The molecule has 0 aromatic heterocycles. The quantitative estimate of drug-likeness (QED) is 0.442. The molecule has 2 saturated heterocycles. The third-order valence-corrected chi connectivity index (χ3v) is 7.74. The highest BCUT2D eigenvalue weighted by Crippen LogP contribution is 2.60. The predicted molar refractivity (Wildman–Crippen MR) is 125 cm³/mol. The van der Waals surface area contributed by atoms with Gasteiger partial charge in [0.2, 0.25) is 0 Å². The normalized spacial score (nSPS) is 22.8. The number of hydrogen-bond acceptors (Lipinski definition) is 3. The highest BCUT2D eigenvalue weighted by Gasteiger charge is 2.63. The van der Waals surface area contributed by atoms with Crippen molar-refractivity contribution in [3.05, 3.63) is 97.1 Å². The molecule has 2 aromatic rings. The minimum absolute atomic E-state index is 0.196. The van der Waals surface area contributed by atoms with E-state index in [9.17, 15) is 0 Å². The van der Waals surface area contributed by atoms with Crippen molar-refractivity contribution in [1.29, 1.82) is 0 Å². The molecule has 2 aliphatic heterocycles. The Kier molecular flexibility index (Phi) is 5.95. The van der Waals surface area contributed by atoms with Gasteiger partial charge in [0, 0.05) is 0 Å². The molecule has 164 valence electrons. The van der Waals surface area contributed by atoms with Gasteiger partial charge >= 0.3 is 0 Å². The first-order chi connectivity index (χ1) is 15.1. The molecular weight excluding hydrogens is 384 g/mol. The fourth-order valence-electron chi connectivity index (χ4n) is 5.38. The largest absolute Gasteiger partial charge is 0.380 e. The zero-order chi connectivity index (χ0) is 22.0. The summed E-state index contributed by atoms with van der Waals surface area (Å²) in [7, 11) is 0. The van der Waals surface area contributed by atoms with E-state index >= 15 is 0 Å². The molecule has 0 amide bonds. The molecule has 2 fully saturated rings. The van der Waals surface area contributed by atoms with E-state index < -0.39 is 11.2 Å². The topological polar surface area (TPSA) is 27.7 Å². The van der Waals surface area contributed by atoms with E-state index in [1.54, 1.807) is 0 Å². The van der Waals surface area contributed by atoms with Gasteiger partial charge < -0.3 is 14.2 Å². The predicted octanol–water partition coefficient (Wildman–Crippen LogP) is 6.02. The lowest BCUT2D eigenvalue weighted by Crippen LogP contribution is -2.65. The van der Waals surface area contributed by atoms with Gasteiger partial charge in [-0.2, -0.15) is 0 Å². The van der Waals surface area contributed by atoms with Crippen molar-refractivity contribution in [1.82, 2.24) is 0 Å². The molecule has 0 aliphatic carbocycles. The van der Waals surface area contributed by atoms with Gasteiger partial charge in [0.05, 0.1) is 37.3 Å². The second-order valence-corrected chi connectivity index (χ2v) is 8.97. The van der Waals surface area contributed by atoms with E-state index in [4.69, 9.17) is 14.2 Å². The zero-order valence-corrected chi connectivity index (χ0v) is 18.8. The summed E-state index contributed by atoms with van der Waals surface area (Å²) in [6.07, 6.45) is 5.84. The average molecular weight is 419 g/mol. The average Bonchev–Trinajstić information content (AvgIpc) is 2.77. The van der Waals surface area contributed by atoms with Crippen LogP contribution in [0.5, 0.6) is 0 Å². The van der Waals surface area contributed by atoms with Crippen LogP contribution >= 0.6 is 0 Å². The molecule has 0 radical (unpaired) electrons. The molecule has 2 aromatic carbocycles. The molecule has 31 heavy (non-hydrogen) atoms. The van der Waals surface area contributed by atoms with E-state index in [0.29, 0.717) is 26.4 Å². The summed E-state index contributed by atoms with van der Waals surface area (Å²) in [5.41, 5.74) is 0.344. The van der Waals surface area contributed by atoms with Crippen LogP contribution < -0.4 is 0 Å². The van der Waals surface area contributed by atoms with Crippen LogP contribution in [-0.2, 0) is 25.4 Å². The molecule has 0 N–H and O–H groups in total. The second-order valence-electron chi connectivity index (χ2n) is 8.97. The first-order valence-electron chi connectivity index (χ1n) is 11.3. The van der Waals surface area contributed by atoms with Crippen molar-refractivity contribution < 1.29 is 14.2 Å². The van der Waals surface area contributed by atoms with Gasteiger partial charge in [-0.1, -0.05) is 99.8 Å². The Morgan fingerprint density at radius 2 is 1.10 bits per heavy atom. The van der Waals surface area contributed by atoms with Gasteiger partial charge in [-0.05, 0) is 24.0 Å². The van der Waals surface area contributed by atoms with Crippen LogP contribution in [0.15, 0.2) is 86.0 Å². The second kappa shape index (κ2) is 8.38. The Balaban J connectivity index is 1.96. The van der Waals surface area contributed by atoms with E-state index in [-0.39, 0.29) is 10.8 Å². The summed E-state index contributed by atoms with van der Waals surface area (Å²) >= 11 is 0. The Bertz CT molecular complexity index is 812. The summed E-state index contributed by atoms with van der Waals surface area (Å²) in [5, 5.41) is 0. The van der Waals surface area contributed by atoms with E-state index in [1.807, 2.05) is 24.3 Å². The molecule has 0 spiro atoms. The Hall–Kier alpha value is -2.20. The van der Waals surface area contributed by atoms with Crippen LogP contribution in [0.25, 0.3) is 0 Å². The third-order valence-electron chi connectivity index (χ3n) is 7.74. The van der Waals surface area contributed by atoms with Crippen molar-refractivity contribution in [3.63, 3.8) is 0 Å². The summed E-state index contributed by atoms with van der Waals surface area (Å²) in [4.78, 5) is 0. The molecule has 0 bridgehead atoms. The molecule has 2 heterocycles. The Morgan fingerprint density at radius 3 is 1.32 bits per heavy atom. The molecule has 4 rings (SSSR count). The molecule has 3 nitrogen and oxygen atoms in total. The van der Waals surface area contributed by atoms with Crippen molar-refractivity contribution >= 4 is 0 Å². The molecule has 3 heteroatoms. The maximum absolute atomic E-state index is 7.50. The molecule has 0 saturated carbocycles. The van der Waals surface area contributed by atoms with Gasteiger partial charge in [0.15, 0.2) is 0 Å². The fourth-order valence-corrected chi connectivity index (χ4v) is 5.38. The minimum atomic E-state index is -0.733. The standard InChI is InChI=1S/C28H34O3/c1-5-25(19-29-20-25)27(7-3,23-15-11-9-12-16-23)31-28(8-4,24-17-13-10-14-18-24)26(6-2)21-30-22-26/h7-18H,3-6,19-22H2,1-2H3. The number of benzene rings is 2. The summed E-state index contributed by atoms with van der Waals surface area (Å²) in [6, 6.07) is 20.9. The lowest BCUT2D eigenvalue weighted by Gasteiger charge is -2.61. The van der Waals surface area contributed by atoms with Gasteiger partial charge in [-0.15, -0.1) is 0 Å². The summed E-state index contributed by atoms with van der Waals surface area (Å²) in [5.74, 6) is 0. The van der Waals surface area contributed by atoms with Crippen LogP contribution in [0.3, 0.4) is 0 Å². The van der Waals surface area contributed by atoms with Crippen molar-refractivity contribution in [3.8, 4) is 0 Å². The maximum atomic E-state index is 7.50. The van der Waals surface area contributed by atoms with Crippen LogP contribution in [-0.4, -0.2) is 26.4 Å². The fraction of sp³-hybridized carbons (Fsp3) is 0.429. The number of ether oxygens (including phenoxy) is 3. The lowest BCUT2D eigenvalue weighted by molar-refractivity contribution is -0.311. The van der Waals surface area contributed by atoms with E-state index in [0.717, 1.165) is 24.0 Å². The maximum Gasteiger partial charge on any atom is 0.123 e. The number of rotatable bonds is 10. The monoisotopic (exact) mass is 418 g/mol. The van der Waals surface area contributed by atoms with E-state index in [1.165, 1.54) is 0 Å². The first-order valence-corrected chi connectivity index (χ1v) is 11.3. The summed E-state index contributed by atoms with van der Waals surface area (Å²) in [6.45, 7) is 15.6. The molecule has 2 aliphatic rings. The third kappa shape index (κ3) is 3.06. The minimum Gasteiger partial charge on any atom is -0.380 e. The lowest BCUT2D eigenvalue weighted by atomic mass is 9.61. The Labute approximate surface area is 186 Å². The van der Waals surface area contributed by atoms with Crippen molar-refractivity contribution in [2.75, 3.05) is 26.4 Å². The zero-order valence-electron chi connectivity index (χ0n) is 18.8.